The van der Waals surface area contributed by atoms with E-state index in [1.807, 2.05) is 0 Å². The van der Waals surface area contributed by atoms with Gasteiger partial charge in [0.05, 0.1) is 23.4 Å². The molecule has 2 rings (SSSR count). The molecule has 2 aromatic rings. The number of aromatic nitrogens is 2. The Kier molecular flexibility index (Phi) is 4.71. The quantitative estimate of drug-likeness (QED) is 0.678. The van der Waals surface area contributed by atoms with Crippen molar-refractivity contribution in [3.8, 4) is 11.9 Å². The lowest BCUT2D eigenvalue weighted by molar-refractivity contribution is 0.456. The van der Waals surface area contributed by atoms with Crippen LogP contribution in [0.15, 0.2) is 24.3 Å². The molecular formula is C10H12N2O7S2. The van der Waals surface area contributed by atoms with Gasteiger partial charge in [-0.25, -0.2) is 0 Å². The van der Waals surface area contributed by atoms with Gasteiger partial charge >= 0.3 is 26.2 Å². The van der Waals surface area contributed by atoms with Crippen LogP contribution in [0.1, 0.15) is 0 Å². The lowest BCUT2D eigenvalue weighted by Crippen LogP contribution is -2.11. The highest BCUT2D eigenvalue weighted by Crippen LogP contribution is 2.25. The molecule has 1 aromatic heterocycles. The first kappa shape index (κ1) is 17.1. The van der Waals surface area contributed by atoms with E-state index >= 15 is 0 Å². The Hall–Kier alpha value is -1.98. The SMILES string of the molecule is CS(=O)(=O)Oc1nc(OS(C)(=O)=O)c2ccccc2n1.O. The fraction of sp³-hybridized carbons (Fsp3) is 0.200. The first-order chi connectivity index (χ1) is 9.14. The lowest BCUT2D eigenvalue weighted by atomic mass is 10.2. The third kappa shape index (κ3) is 4.81. The van der Waals surface area contributed by atoms with Gasteiger partial charge in [0.25, 0.3) is 0 Å². The number of fused-ring (bicyclic) bond motifs is 1. The van der Waals surface area contributed by atoms with Crippen LogP contribution in [0, 0.1) is 0 Å². The van der Waals surface area contributed by atoms with Crippen LogP contribution in [0.5, 0.6) is 11.9 Å². The molecule has 11 heteroatoms. The summed E-state index contributed by atoms with van der Waals surface area (Å²) in [4.78, 5) is 7.52. The number of hydrogen-bond acceptors (Lipinski definition) is 8. The topological polar surface area (TPSA) is 144 Å². The van der Waals surface area contributed by atoms with Gasteiger partial charge in [-0.05, 0) is 12.1 Å². The molecule has 0 unspecified atom stereocenters. The summed E-state index contributed by atoms with van der Waals surface area (Å²) >= 11 is 0. The van der Waals surface area contributed by atoms with Crippen molar-refractivity contribution in [2.75, 3.05) is 12.5 Å². The van der Waals surface area contributed by atoms with Crippen LogP contribution >= 0.6 is 0 Å². The number of hydrogen-bond donors (Lipinski definition) is 0. The van der Waals surface area contributed by atoms with E-state index in [-0.39, 0.29) is 11.4 Å². The van der Waals surface area contributed by atoms with E-state index in [2.05, 4.69) is 14.2 Å². The molecule has 116 valence electrons. The van der Waals surface area contributed by atoms with E-state index in [0.29, 0.717) is 10.9 Å². The predicted molar refractivity (Wildman–Crippen MR) is 74.1 cm³/mol. The van der Waals surface area contributed by atoms with Gasteiger partial charge in [0.1, 0.15) is 0 Å². The number of para-hydroxylation sites is 1. The maximum Gasteiger partial charge on any atom is 0.336 e. The number of nitrogens with zero attached hydrogens (tertiary/aromatic N) is 2. The fourth-order valence-corrected chi connectivity index (χ4v) is 2.17. The summed E-state index contributed by atoms with van der Waals surface area (Å²) in [6, 6.07) is 5.85. The smallest absolute Gasteiger partial charge is 0.336 e. The van der Waals surface area contributed by atoms with Crippen LogP contribution in [0.2, 0.25) is 0 Å². The Morgan fingerprint density at radius 2 is 1.48 bits per heavy atom. The van der Waals surface area contributed by atoms with Crippen molar-refractivity contribution in [3.05, 3.63) is 24.3 Å². The first-order valence-corrected chi connectivity index (χ1v) is 8.83. The first-order valence-electron chi connectivity index (χ1n) is 5.20. The van der Waals surface area contributed by atoms with Gasteiger partial charge in [-0.2, -0.15) is 26.8 Å². The highest BCUT2D eigenvalue weighted by atomic mass is 32.2. The van der Waals surface area contributed by atoms with Crippen molar-refractivity contribution >= 4 is 31.1 Å². The molecule has 21 heavy (non-hydrogen) atoms. The summed E-state index contributed by atoms with van der Waals surface area (Å²) in [5, 5.41) is 0.318. The maximum atomic E-state index is 11.2. The molecule has 0 amide bonds. The van der Waals surface area contributed by atoms with Crippen LogP contribution in [0.3, 0.4) is 0 Å². The molecule has 9 nitrogen and oxygen atoms in total. The van der Waals surface area contributed by atoms with E-state index in [1.54, 1.807) is 24.3 Å². The van der Waals surface area contributed by atoms with Gasteiger partial charge in [-0.1, -0.05) is 12.1 Å². The Balaban J connectivity index is 0.00000220. The summed E-state index contributed by atoms with van der Waals surface area (Å²) in [6.45, 7) is 0. The molecule has 0 aliphatic heterocycles. The van der Waals surface area contributed by atoms with E-state index in [9.17, 15) is 16.8 Å². The van der Waals surface area contributed by atoms with Gasteiger partial charge < -0.3 is 13.8 Å². The fourth-order valence-electron chi connectivity index (χ4n) is 1.41. The molecule has 0 saturated heterocycles. The van der Waals surface area contributed by atoms with Crippen molar-refractivity contribution in [1.82, 2.24) is 9.97 Å². The molecule has 2 N–H and O–H groups in total. The van der Waals surface area contributed by atoms with Crippen LogP contribution in [-0.2, 0) is 20.2 Å². The lowest BCUT2D eigenvalue weighted by Gasteiger charge is -2.07. The molecule has 0 radical (unpaired) electrons. The zero-order chi connectivity index (χ0) is 15.0. The highest BCUT2D eigenvalue weighted by Gasteiger charge is 2.16. The second-order valence-corrected chi connectivity index (χ2v) is 7.05. The summed E-state index contributed by atoms with van der Waals surface area (Å²) in [5.41, 5.74) is 0.291. The largest absolute Gasteiger partial charge is 0.412 e. The third-order valence-electron chi connectivity index (χ3n) is 2.00. The minimum Gasteiger partial charge on any atom is -0.412 e. The minimum absolute atomic E-state index is 0. The summed E-state index contributed by atoms with van der Waals surface area (Å²) in [5.74, 6) is -0.295. The maximum absolute atomic E-state index is 11.2. The van der Waals surface area contributed by atoms with Gasteiger partial charge in [-0.15, -0.1) is 0 Å². The third-order valence-corrected chi connectivity index (χ3v) is 2.92. The molecule has 0 bridgehead atoms. The van der Waals surface area contributed by atoms with Crippen LogP contribution < -0.4 is 8.37 Å². The minimum atomic E-state index is -3.84. The molecule has 0 aliphatic carbocycles. The molecule has 0 aliphatic rings. The normalized spacial score (nSPS) is 11.7. The predicted octanol–water partition coefficient (Wildman–Crippen LogP) is -0.518. The average Bonchev–Trinajstić information content (AvgIpc) is 2.24. The molecule has 1 heterocycles. The zero-order valence-corrected chi connectivity index (χ0v) is 12.6. The van der Waals surface area contributed by atoms with E-state index < -0.39 is 26.2 Å². The molecule has 0 fully saturated rings. The monoisotopic (exact) mass is 336 g/mol. The second kappa shape index (κ2) is 5.79. The summed E-state index contributed by atoms with van der Waals surface area (Å²) < 4.78 is 53.8. The van der Waals surface area contributed by atoms with E-state index in [4.69, 9.17) is 4.18 Å². The highest BCUT2D eigenvalue weighted by molar-refractivity contribution is 7.86. The second-order valence-electron chi connectivity index (χ2n) is 3.90. The van der Waals surface area contributed by atoms with Crippen molar-refractivity contribution < 1.29 is 30.7 Å². The Morgan fingerprint density at radius 3 is 2.05 bits per heavy atom. The van der Waals surface area contributed by atoms with Gasteiger partial charge in [-0.3, -0.25) is 0 Å². The zero-order valence-electron chi connectivity index (χ0n) is 11.0. The Morgan fingerprint density at radius 1 is 0.905 bits per heavy atom. The Labute approximate surface area is 121 Å². The van der Waals surface area contributed by atoms with Gasteiger partial charge in [0.2, 0.25) is 5.88 Å². The molecule has 0 atom stereocenters. The van der Waals surface area contributed by atoms with Gasteiger partial charge in [0.15, 0.2) is 0 Å². The Bertz CT molecular complexity index is 862. The van der Waals surface area contributed by atoms with Crippen molar-refractivity contribution in [2.24, 2.45) is 0 Å². The van der Waals surface area contributed by atoms with Crippen molar-refractivity contribution in [3.63, 3.8) is 0 Å². The van der Waals surface area contributed by atoms with Crippen LogP contribution in [-0.4, -0.2) is 44.8 Å². The average molecular weight is 336 g/mol. The molecule has 1 aromatic carbocycles. The van der Waals surface area contributed by atoms with Crippen molar-refractivity contribution in [1.29, 1.82) is 0 Å². The number of rotatable bonds is 4. The molecule has 0 spiro atoms. The van der Waals surface area contributed by atoms with Crippen LogP contribution in [0.4, 0.5) is 0 Å². The molecular weight excluding hydrogens is 324 g/mol. The standard InChI is InChI=1S/C10H10N2O6S2.H2O/c1-19(13,14)17-9-7-5-3-4-6-8(7)11-10(12-9)18-20(2,15)16;/h3-6H,1-2H3;1H2. The van der Waals surface area contributed by atoms with Crippen molar-refractivity contribution in [2.45, 2.75) is 0 Å². The summed E-state index contributed by atoms with van der Waals surface area (Å²) in [6.07, 6.45) is 1.67. The van der Waals surface area contributed by atoms with Crippen LogP contribution in [0.25, 0.3) is 10.9 Å². The van der Waals surface area contributed by atoms with E-state index in [1.165, 1.54) is 0 Å². The molecule has 0 saturated carbocycles. The number of benzene rings is 1. The summed E-state index contributed by atoms with van der Waals surface area (Å²) in [7, 11) is -7.66. The van der Waals surface area contributed by atoms with Gasteiger partial charge in [0, 0.05) is 0 Å². The van der Waals surface area contributed by atoms with E-state index in [0.717, 1.165) is 12.5 Å².